The van der Waals surface area contributed by atoms with Crippen LogP contribution in [0.5, 0.6) is 0 Å². The minimum atomic E-state index is -0.900. The first-order valence-electron chi connectivity index (χ1n) is 5.07. The normalized spacial score (nSPS) is 14.0. The summed E-state index contributed by atoms with van der Waals surface area (Å²) < 4.78 is 0. The Labute approximate surface area is 90.4 Å². The zero-order valence-electron chi connectivity index (χ0n) is 9.38. The lowest BCUT2D eigenvalue weighted by Gasteiger charge is -2.27. The topological polar surface area (TPSA) is 66.4 Å². The van der Waals surface area contributed by atoms with Gasteiger partial charge in [0.05, 0.1) is 6.42 Å². The van der Waals surface area contributed by atoms with Crippen LogP contribution in [0.25, 0.3) is 0 Å². The second-order valence-electron chi connectivity index (χ2n) is 3.86. The van der Waals surface area contributed by atoms with E-state index in [9.17, 15) is 9.59 Å². The van der Waals surface area contributed by atoms with Gasteiger partial charge in [0.25, 0.3) is 0 Å². The highest BCUT2D eigenvalue weighted by Gasteiger charge is 2.26. The molecule has 0 aromatic carbocycles. The van der Waals surface area contributed by atoms with Gasteiger partial charge in [0.15, 0.2) is 0 Å². The Morgan fingerprint density at radius 3 is 2.53 bits per heavy atom. The molecule has 2 N–H and O–H groups in total. The minimum absolute atomic E-state index is 0.0523. The number of carbonyl (C=O) groups excluding carboxylic acids is 1. The fraction of sp³-hybridized carbons (Fsp3) is 0.636. The van der Waals surface area contributed by atoms with Crippen molar-refractivity contribution >= 4 is 11.9 Å². The van der Waals surface area contributed by atoms with Crippen LogP contribution in [0.15, 0.2) is 12.7 Å². The van der Waals surface area contributed by atoms with Crippen molar-refractivity contribution in [2.75, 3.05) is 0 Å². The number of rotatable bonds is 7. The number of hydrogen-bond acceptors (Lipinski definition) is 2. The van der Waals surface area contributed by atoms with Gasteiger partial charge in [-0.2, -0.15) is 0 Å². The van der Waals surface area contributed by atoms with Gasteiger partial charge < -0.3 is 10.4 Å². The fourth-order valence-corrected chi connectivity index (χ4v) is 1.22. The molecule has 0 spiro atoms. The van der Waals surface area contributed by atoms with E-state index >= 15 is 0 Å². The van der Waals surface area contributed by atoms with Crippen LogP contribution in [-0.4, -0.2) is 22.5 Å². The Balaban J connectivity index is 4.23. The molecular weight excluding hydrogens is 194 g/mol. The zero-order valence-corrected chi connectivity index (χ0v) is 9.38. The van der Waals surface area contributed by atoms with E-state index < -0.39 is 11.5 Å². The predicted octanol–water partition coefficient (Wildman–Crippen LogP) is 1.71. The molecule has 86 valence electrons. The van der Waals surface area contributed by atoms with Gasteiger partial charge in [-0.3, -0.25) is 9.59 Å². The van der Waals surface area contributed by atoms with Crippen molar-refractivity contribution in [3.63, 3.8) is 0 Å². The number of aliphatic carboxylic acids is 1. The van der Waals surface area contributed by atoms with E-state index in [0.717, 1.165) is 0 Å². The number of carboxylic acid groups (broad SMARTS) is 1. The summed E-state index contributed by atoms with van der Waals surface area (Å²) in [6.45, 7) is 7.12. The Hall–Kier alpha value is -1.32. The van der Waals surface area contributed by atoms with Crippen molar-refractivity contribution in [1.29, 1.82) is 0 Å². The highest BCUT2D eigenvalue weighted by atomic mass is 16.4. The van der Waals surface area contributed by atoms with E-state index in [1.54, 1.807) is 13.0 Å². The van der Waals surface area contributed by atoms with Gasteiger partial charge in [-0.1, -0.05) is 13.0 Å². The third kappa shape index (κ3) is 5.88. The van der Waals surface area contributed by atoms with Crippen molar-refractivity contribution in [1.82, 2.24) is 5.32 Å². The number of hydrogen-bond donors (Lipinski definition) is 2. The van der Waals surface area contributed by atoms with Gasteiger partial charge in [-0.05, 0) is 19.8 Å². The summed E-state index contributed by atoms with van der Waals surface area (Å²) in [4.78, 5) is 22.0. The summed E-state index contributed by atoms with van der Waals surface area (Å²) in [5.41, 5.74) is -0.649. The van der Waals surface area contributed by atoms with Crippen molar-refractivity contribution in [3.8, 4) is 0 Å². The van der Waals surface area contributed by atoms with Gasteiger partial charge >= 0.3 is 5.97 Å². The molecule has 0 aromatic heterocycles. The average molecular weight is 213 g/mol. The standard InChI is InChI=1S/C11H19NO3/c1-4-6-7-9(13)12-11(3,5-2)8-10(14)15/h4H,1,5-8H2,2-3H3,(H,12,13)(H,14,15)/t11-/m0/s1. The van der Waals surface area contributed by atoms with Crippen molar-refractivity contribution in [2.24, 2.45) is 0 Å². The molecule has 0 rings (SSSR count). The van der Waals surface area contributed by atoms with Crippen LogP contribution in [0.2, 0.25) is 0 Å². The lowest BCUT2D eigenvalue weighted by atomic mass is 9.94. The van der Waals surface area contributed by atoms with Gasteiger partial charge in [-0.15, -0.1) is 6.58 Å². The van der Waals surface area contributed by atoms with Gasteiger partial charge in [-0.25, -0.2) is 0 Å². The average Bonchev–Trinajstić information content (AvgIpc) is 2.13. The van der Waals surface area contributed by atoms with E-state index in [4.69, 9.17) is 5.11 Å². The summed E-state index contributed by atoms with van der Waals surface area (Å²) in [5, 5.41) is 11.4. The third-order valence-electron chi connectivity index (χ3n) is 2.34. The van der Waals surface area contributed by atoms with Gasteiger partial charge in [0.1, 0.15) is 0 Å². The molecule has 0 aliphatic rings. The molecule has 4 heteroatoms. The summed E-state index contributed by atoms with van der Waals surface area (Å²) >= 11 is 0. The zero-order chi connectivity index (χ0) is 11.9. The number of carbonyl (C=O) groups is 2. The first kappa shape index (κ1) is 13.7. The summed E-state index contributed by atoms with van der Waals surface area (Å²) in [6.07, 6.45) is 3.18. The molecule has 4 nitrogen and oxygen atoms in total. The Kier molecular flexibility index (Phi) is 5.67. The summed E-state index contributed by atoms with van der Waals surface area (Å²) in [7, 11) is 0. The molecule has 1 atom stereocenters. The van der Waals surface area contributed by atoms with Crippen LogP contribution < -0.4 is 5.32 Å². The summed E-state index contributed by atoms with van der Waals surface area (Å²) in [5.74, 6) is -1.02. The SMILES string of the molecule is C=CCCC(=O)N[C@@](C)(CC)CC(=O)O. The van der Waals surface area contributed by atoms with Crippen molar-refractivity contribution in [3.05, 3.63) is 12.7 Å². The van der Waals surface area contributed by atoms with Crippen LogP contribution in [0.1, 0.15) is 39.5 Å². The Morgan fingerprint density at radius 1 is 1.53 bits per heavy atom. The number of carboxylic acids is 1. The highest BCUT2D eigenvalue weighted by molar-refractivity contribution is 5.78. The molecule has 0 unspecified atom stereocenters. The molecule has 0 bridgehead atoms. The fourth-order valence-electron chi connectivity index (χ4n) is 1.22. The van der Waals surface area contributed by atoms with E-state index in [1.165, 1.54) is 0 Å². The van der Waals surface area contributed by atoms with E-state index in [-0.39, 0.29) is 12.3 Å². The molecule has 0 aliphatic heterocycles. The van der Waals surface area contributed by atoms with E-state index in [1.807, 2.05) is 6.92 Å². The van der Waals surface area contributed by atoms with Crippen LogP contribution in [0.3, 0.4) is 0 Å². The van der Waals surface area contributed by atoms with Crippen LogP contribution in [-0.2, 0) is 9.59 Å². The lowest BCUT2D eigenvalue weighted by molar-refractivity contribution is -0.139. The third-order valence-corrected chi connectivity index (χ3v) is 2.34. The molecule has 1 amide bonds. The quantitative estimate of drug-likeness (QED) is 0.633. The van der Waals surface area contributed by atoms with Crippen LogP contribution in [0.4, 0.5) is 0 Å². The Bertz CT molecular complexity index is 250. The lowest BCUT2D eigenvalue weighted by Crippen LogP contribution is -2.46. The molecule has 15 heavy (non-hydrogen) atoms. The highest BCUT2D eigenvalue weighted by Crippen LogP contribution is 2.14. The minimum Gasteiger partial charge on any atom is -0.481 e. The molecule has 0 heterocycles. The van der Waals surface area contributed by atoms with Crippen molar-refractivity contribution < 1.29 is 14.7 Å². The number of amides is 1. The molecule has 0 radical (unpaired) electrons. The number of allylic oxidation sites excluding steroid dienone is 1. The van der Waals surface area contributed by atoms with E-state index in [2.05, 4.69) is 11.9 Å². The monoisotopic (exact) mass is 213 g/mol. The predicted molar refractivity (Wildman–Crippen MR) is 58.5 cm³/mol. The molecule has 0 saturated heterocycles. The molecule has 0 fully saturated rings. The maximum absolute atomic E-state index is 11.4. The smallest absolute Gasteiger partial charge is 0.305 e. The first-order valence-corrected chi connectivity index (χ1v) is 5.07. The molecule has 0 saturated carbocycles. The van der Waals surface area contributed by atoms with E-state index in [0.29, 0.717) is 19.3 Å². The van der Waals surface area contributed by atoms with Crippen LogP contribution >= 0.6 is 0 Å². The van der Waals surface area contributed by atoms with Crippen LogP contribution in [0, 0.1) is 0 Å². The molecule has 0 aliphatic carbocycles. The molecule has 0 aromatic rings. The van der Waals surface area contributed by atoms with Gasteiger partial charge in [0, 0.05) is 12.0 Å². The molecular formula is C11H19NO3. The largest absolute Gasteiger partial charge is 0.481 e. The second-order valence-corrected chi connectivity index (χ2v) is 3.86. The maximum Gasteiger partial charge on any atom is 0.305 e. The van der Waals surface area contributed by atoms with Crippen molar-refractivity contribution in [2.45, 2.75) is 45.1 Å². The first-order chi connectivity index (χ1) is 6.93. The summed E-state index contributed by atoms with van der Waals surface area (Å²) in [6, 6.07) is 0. The number of nitrogens with one attached hydrogen (secondary N) is 1. The van der Waals surface area contributed by atoms with Gasteiger partial charge in [0.2, 0.25) is 5.91 Å². The maximum atomic E-state index is 11.4. The Morgan fingerprint density at radius 2 is 2.13 bits per heavy atom. The second kappa shape index (κ2) is 6.22.